The van der Waals surface area contributed by atoms with Gasteiger partial charge in [0.1, 0.15) is 5.84 Å². The highest BCUT2D eigenvalue weighted by molar-refractivity contribution is 6.16. The number of carbonyl (C=O) groups excluding carboxylic acids is 1. The van der Waals surface area contributed by atoms with Crippen LogP contribution in [0.25, 0.3) is 0 Å². The first-order chi connectivity index (χ1) is 12.6. The number of para-hydroxylation sites is 2. The predicted octanol–water partition coefficient (Wildman–Crippen LogP) is 2.40. The van der Waals surface area contributed by atoms with Crippen LogP contribution in [0.4, 0.5) is 11.4 Å². The van der Waals surface area contributed by atoms with E-state index in [0.29, 0.717) is 24.5 Å². The Labute approximate surface area is 153 Å². The predicted molar refractivity (Wildman–Crippen MR) is 106 cm³/mol. The van der Waals surface area contributed by atoms with Gasteiger partial charge < -0.3 is 21.7 Å². The summed E-state index contributed by atoms with van der Waals surface area (Å²) in [6.45, 7) is 2.75. The highest BCUT2D eigenvalue weighted by Gasteiger charge is 2.26. The number of fused-ring (bicyclic) bond motifs is 1. The normalized spacial score (nSPS) is 17.0. The third-order valence-electron chi connectivity index (χ3n) is 4.56. The lowest BCUT2D eigenvalue weighted by atomic mass is 10.0. The molecule has 0 saturated heterocycles. The fourth-order valence-corrected chi connectivity index (χ4v) is 3.08. The van der Waals surface area contributed by atoms with E-state index in [2.05, 4.69) is 10.3 Å². The number of nitrogens with two attached hydrogens (primary N) is 2. The zero-order valence-corrected chi connectivity index (χ0v) is 15.0. The molecule has 0 bridgehead atoms. The fourth-order valence-electron chi connectivity index (χ4n) is 3.08. The van der Waals surface area contributed by atoms with Crippen molar-refractivity contribution in [1.29, 1.82) is 0 Å². The lowest BCUT2D eigenvalue weighted by Crippen LogP contribution is -2.33. The number of benzene rings is 2. The Morgan fingerprint density at radius 3 is 2.73 bits per heavy atom. The quantitative estimate of drug-likeness (QED) is 0.775. The minimum absolute atomic E-state index is 0.0948. The van der Waals surface area contributed by atoms with Gasteiger partial charge in [-0.3, -0.25) is 9.79 Å². The van der Waals surface area contributed by atoms with Crippen molar-refractivity contribution in [2.75, 3.05) is 23.8 Å². The molecule has 0 aromatic heterocycles. The third kappa shape index (κ3) is 3.19. The Kier molecular flexibility index (Phi) is 5.04. The summed E-state index contributed by atoms with van der Waals surface area (Å²) >= 11 is 0. The molecule has 2 aromatic carbocycles. The van der Waals surface area contributed by atoms with E-state index in [1.807, 2.05) is 49.4 Å². The van der Waals surface area contributed by atoms with E-state index in [-0.39, 0.29) is 5.91 Å². The molecule has 6 heteroatoms. The third-order valence-corrected chi connectivity index (χ3v) is 4.56. The SMILES string of the molecule is CN=C1Nc2ccccc2N(C(=O)c2ccc(CN)c(C)c2)C/C1=C/N. The van der Waals surface area contributed by atoms with Crippen molar-refractivity contribution in [2.24, 2.45) is 16.5 Å². The fraction of sp³-hybridized carbons (Fsp3) is 0.200. The number of aryl methyl sites for hydroxylation is 1. The van der Waals surface area contributed by atoms with Crippen LogP contribution in [0.1, 0.15) is 21.5 Å². The maximum atomic E-state index is 13.3. The summed E-state index contributed by atoms with van der Waals surface area (Å²) in [6.07, 6.45) is 1.49. The number of carbonyl (C=O) groups is 1. The van der Waals surface area contributed by atoms with Crippen molar-refractivity contribution in [3.05, 3.63) is 70.9 Å². The molecule has 2 aromatic rings. The molecule has 1 aliphatic heterocycles. The molecule has 0 radical (unpaired) electrons. The highest BCUT2D eigenvalue weighted by atomic mass is 16.2. The maximum Gasteiger partial charge on any atom is 0.258 e. The number of nitrogens with one attached hydrogen (secondary N) is 1. The lowest BCUT2D eigenvalue weighted by molar-refractivity contribution is 0.0989. The molecular weight excluding hydrogens is 326 g/mol. The number of amides is 1. The van der Waals surface area contributed by atoms with Crippen LogP contribution in [0.5, 0.6) is 0 Å². The molecule has 3 rings (SSSR count). The Balaban J connectivity index is 2.07. The molecule has 6 nitrogen and oxygen atoms in total. The number of hydrogen-bond acceptors (Lipinski definition) is 4. The zero-order valence-electron chi connectivity index (χ0n) is 15.0. The van der Waals surface area contributed by atoms with Gasteiger partial charge in [-0.25, -0.2) is 0 Å². The standard InChI is InChI=1S/C20H23N5O/c1-13-9-14(7-8-15(13)10-21)20(26)25-12-16(11-22)19(23-2)24-17-5-3-4-6-18(17)25/h3-9,11H,10,12,21-22H2,1-2H3,(H,23,24)/b16-11-. The van der Waals surface area contributed by atoms with Crippen LogP contribution in [0, 0.1) is 6.92 Å². The smallest absolute Gasteiger partial charge is 0.258 e. The van der Waals surface area contributed by atoms with E-state index in [1.54, 1.807) is 11.9 Å². The number of aliphatic imine (C=N–C) groups is 1. The largest absolute Gasteiger partial charge is 0.404 e. The minimum atomic E-state index is -0.0948. The van der Waals surface area contributed by atoms with E-state index >= 15 is 0 Å². The van der Waals surface area contributed by atoms with Gasteiger partial charge >= 0.3 is 0 Å². The molecule has 1 aliphatic rings. The summed E-state index contributed by atoms with van der Waals surface area (Å²) in [7, 11) is 1.70. The lowest BCUT2D eigenvalue weighted by Gasteiger charge is -2.23. The number of rotatable bonds is 2. The van der Waals surface area contributed by atoms with Gasteiger partial charge in [0.05, 0.1) is 17.9 Å². The number of hydrogen-bond donors (Lipinski definition) is 3. The summed E-state index contributed by atoms with van der Waals surface area (Å²) in [5.41, 5.74) is 16.5. The van der Waals surface area contributed by atoms with Gasteiger partial charge in [-0.15, -0.1) is 0 Å². The van der Waals surface area contributed by atoms with Gasteiger partial charge in [-0.1, -0.05) is 18.2 Å². The first kappa shape index (κ1) is 17.7. The van der Waals surface area contributed by atoms with E-state index in [1.165, 1.54) is 6.20 Å². The second-order valence-electron chi connectivity index (χ2n) is 6.14. The molecule has 0 aliphatic carbocycles. The van der Waals surface area contributed by atoms with E-state index < -0.39 is 0 Å². The molecule has 0 atom stereocenters. The topological polar surface area (TPSA) is 96.7 Å². The van der Waals surface area contributed by atoms with Crippen LogP contribution in [0.15, 0.2) is 59.2 Å². The van der Waals surface area contributed by atoms with Crippen molar-refractivity contribution in [3.63, 3.8) is 0 Å². The molecule has 26 heavy (non-hydrogen) atoms. The minimum Gasteiger partial charge on any atom is -0.404 e. The van der Waals surface area contributed by atoms with Gasteiger partial charge in [0.15, 0.2) is 0 Å². The Morgan fingerprint density at radius 2 is 2.08 bits per heavy atom. The van der Waals surface area contributed by atoms with Crippen LogP contribution in [-0.4, -0.2) is 25.3 Å². The highest BCUT2D eigenvalue weighted by Crippen LogP contribution is 2.31. The molecule has 1 heterocycles. The van der Waals surface area contributed by atoms with E-state index in [9.17, 15) is 4.79 Å². The monoisotopic (exact) mass is 349 g/mol. The Morgan fingerprint density at radius 1 is 1.31 bits per heavy atom. The molecule has 0 spiro atoms. The number of amidine groups is 1. The molecule has 0 unspecified atom stereocenters. The van der Waals surface area contributed by atoms with Crippen molar-refractivity contribution in [3.8, 4) is 0 Å². The Bertz CT molecular complexity index is 901. The first-order valence-corrected chi connectivity index (χ1v) is 8.44. The van der Waals surface area contributed by atoms with Crippen LogP contribution in [0.3, 0.4) is 0 Å². The summed E-state index contributed by atoms with van der Waals surface area (Å²) in [6, 6.07) is 13.3. The second kappa shape index (κ2) is 7.41. The number of anilines is 2. The van der Waals surface area contributed by atoms with Crippen LogP contribution in [-0.2, 0) is 6.54 Å². The van der Waals surface area contributed by atoms with Crippen LogP contribution in [0.2, 0.25) is 0 Å². The van der Waals surface area contributed by atoms with Crippen molar-refractivity contribution >= 4 is 23.1 Å². The summed E-state index contributed by atoms with van der Waals surface area (Å²) in [5, 5.41) is 3.27. The maximum absolute atomic E-state index is 13.3. The van der Waals surface area contributed by atoms with Gasteiger partial charge in [0.25, 0.3) is 5.91 Å². The Hall–Kier alpha value is -3.12. The van der Waals surface area contributed by atoms with Crippen molar-refractivity contribution < 1.29 is 4.79 Å². The molecule has 134 valence electrons. The molecule has 5 N–H and O–H groups in total. The van der Waals surface area contributed by atoms with Crippen LogP contribution < -0.4 is 21.7 Å². The first-order valence-electron chi connectivity index (χ1n) is 8.44. The van der Waals surface area contributed by atoms with E-state index in [0.717, 1.165) is 28.1 Å². The second-order valence-corrected chi connectivity index (χ2v) is 6.14. The average molecular weight is 349 g/mol. The van der Waals surface area contributed by atoms with Crippen molar-refractivity contribution in [1.82, 2.24) is 0 Å². The van der Waals surface area contributed by atoms with Gasteiger partial charge in [0, 0.05) is 30.9 Å². The molecular formula is C20H23N5O. The van der Waals surface area contributed by atoms with Crippen LogP contribution >= 0.6 is 0 Å². The average Bonchev–Trinajstić information content (AvgIpc) is 2.83. The molecule has 1 amide bonds. The van der Waals surface area contributed by atoms with Gasteiger partial charge in [-0.2, -0.15) is 0 Å². The zero-order chi connectivity index (χ0) is 18.7. The number of nitrogens with zero attached hydrogens (tertiary/aromatic N) is 2. The summed E-state index contributed by atoms with van der Waals surface area (Å²) < 4.78 is 0. The van der Waals surface area contributed by atoms with Gasteiger partial charge in [-0.05, 0) is 42.3 Å². The van der Waals surface area contributed by atoms with E-state index in [4.69, 9.17) is 11.5 Å². The van der Waals surface area contributed by atoms with Gasteiger partial charge in [0.2, 0.25) is 0 Å². The van der Waals surface area contributed by atoms with Crippen molar-refractivity contribution in [2.45, 2.75) is 13.5 Å². The summed E-state index contributed by atoms with van der Waals surface area (Å²) in [5.74, 6) is 0.563. The molecule has 0 fully saturated rings. The summed E-state index contributed by atoms with van der Waals surface area (Å²) in [4.78, 5) is 19.3. The molecule has 0 saturated carbocycles.